The van der Waals surface area contributed by atoms with Gasteiger partial charge in [0.25, 0.3) is 0 Å². The van der Waals surface area contributed by atoms with Crippen molar-refractivity contribution in [1.29, 1.82) is 0 Å². The summed E-state index contributed by atoms with van der Waals surface area (Å²) >= 11 is 0. The van der Waals surface area contributed by atoms with Crippen molar-refractivity contribution in [3.63, 3.8) is 0 Å². The van der Waals surface area contributed by atoms with Crippen molar-refractivity contribution >= 4 is 5.91 Å². The Morgan fingerprint density at radius 2 is 1.75 bits per heavy atom. The fraction of sp³-hybridized carbons (Fsp3) is 0.923. The molecule has 3 nitrogen and oxygen atoms in total. The fourth-order valence-corrected chi connectivity index (χ4v) is 2.70. The lowest BCUT2D eigenvalue weighted by Crippen LogP contribution is -2.48. The molecular weight excluding hydrogens is 202 g/mol. The van der Waals surface area contributed by atoms with Crippen LogP contribution in [0.4, 0.5) is 0 Å². The van der Waals surface area contributed by atoms with Gasteiger partial charge in [0.2, 0.25) is 5.91 Å². The van der Waals surface area contributed by atoms with Crippen LogP contribution in [0.1, 0.15) is 57.8 Å². The Hall–Kier alpha value is -0.570. The van der Waals surface area contributed by atoms with Crippen LogP contribution in [-0.4, -0.2) is 23.2 Å². The smallest absolute Gasteiger partial charge is 0.223 e. The van der Waals surface area contributed by atoms with Gasteiger partial charge in [0, 0.05) is 12.5 Å². The third-order valence-electron chi connectivity index (χ3n) is 4.10. The summed E-state index contributed by atoms with van der Waals surface area (Å²) in [4.78, 5) is 11.9. The molecule has 16 heavy (non-hydrogen) atoms. The molecule has 2 saturated carbocycles. The molecule has 0 spiro atoms. The molecule has 0 bridgehead atoms. The van der Waals surface area contributed by atoms with Crippen molar-refractivity contribution in [3.8, 4) is 0 Å². The van der Waals surface area contributed by atoms with Gasteiger partial charge in [-0.25, -0.2) is 0 Å². The molecule has 2 fully saturated rings. The van der Waals surface area contributed by atoms with Gasteiger partial charge in [0.15, 0.2) is 0 Å². The SMILES string of the molecule is O=C(NCC1(O)CCC1)C1CCCCCC1. The molecule has 0 heterocycles. The molecule has 3 heteroatoms. The van der Waals surface area contributed by atoms with Crippen LogP contribution in [0.15, 0.2) is 0 Å². The van der Waals surface area contributed by atoms with E-state index in [2.05, 4.69) is 5.32 Å². The minimum atomic E-state index is -0.583. The van der Waals surface area contributed by atoms with E-state index in [0.29, 0.717) is 6.54 Å². The second-order valence-corrected chi connectivity index (χ2v) is 5.48. The zero-order valence-corrected chi connectivity index (χ0v) is 10.0. The van der Waals surface area contributed by atoms with E-state index in [0.717, 1.165) is 32.1 Å². The van der Waals surface area contributed by atoms with E-state index in [1.807, 2.05) is 0 Å². The molecule has 1 amide bonds. The van der Waals surface area contributed by atoms with Gasteiger partial charge in [-0.1, -0.05) is 25.7 Å². The monoisotopic (exact) mass is 225 g/mol. The van der Waals surface area contributed by atoms with Crippen LogP contribution < -0.4 is 5.32 Å². The molecule has 2 rings (SSSR count). The Kier molecular flexibility index (Phi) is 3.85. The van der Waals surface area contributed by atoms with Crippen molar-refractivity contribution in [1.82, 2.24) is 5.32 Å². The Morgan fingerprint density at radius 1 is 1.12 bits per heavy atom. The van der Waals surface area contributed by atoms with Crippen LogP contribution in [0.5, 0.6) is 0 Å². The highest BCUT2D eigenvalue weighted by molar-refractivity contribution is 5.78. The Bertz CT molecular complexity index is 240. The predicted molar refractivity (Wildman–Crippen MR) is 63.0 cm³/mol. The summed E-state index contributed by atoms with van der Waals surface area (Å²) in [6, 6.07) is 0. The molecule has 0 aromatic rings. The molecule has 0 aliphatic heterocycles. The number of hydrogen-bond donors (Lipinski definition) is 2. The molecule has 0 unspecified atom stereocenters. The van der Waals surface area contributed by atoms with E-state index in [9.17, 15) is 9.90 Å². The first-order chi connectivity index (χ1) is 7.70. The first-order valence-corrected chi connectivity index (χ1v) is 6.70. The van der Waals surface area contributed by atoms with Crippen LogP contribution >= 0.6 is 0 Å². The van der Waals surface area contributed by atoms with Crippen molar-refractivity contribution in [3.05, 3.63) is 0 Å². The highest BCUT2D eigenvalue weighted by atomic mass is 16.3. The molecule has 2 aliphatic rings. The first-order valence-electron chi connectivity index (χ1n) is 6.70. The number of nitrogens with one attached hydrogen (secondary N) is 1. The maximum absolute atomic E-state index is 11.9. The van der Waals surface area contributed by atoms with E-state index in [-0.39, 0.29) is 11.8 Å². The molecule has 2 aliphatic carbocycles. The number of hydrogen-bond acceptors (Lipinski definition) is 2. The lowest BCUT2D eigenvalue weighted by atomic mass is 9.80. The second-order valence-electron chi connectivity index (χ2n) is 5.48. The van der Waals surface area contributed by atoms with Gasteiger partial charge < -0.3 is 10.4 Å². The predicted octanol–water partition coefficient (Wildman–Crippen LogP) is 1.99. The molecule has 92 valence electrons. The second kappa shape index (κ2) is 5.17. The summed E-state index contributed by atoms with van der Waals surface area (Å²) in [6.45, 7) is 0.461. The van der Waals surface area contributed by atoms with Gasteiger partial charge in [0.05, 0.1) is 5.60 Å². The maximum atomic E-state index is 11.9. The molecular formula is C13H23NO2. The van der Waals surface area contributed by atoms with Gasteiger partial charge in [-0.2, -0.15) is 0 Å². The molecule has 0 atom stereocenters. The number of aliphatic hydroxyl groups is 1. The number of amides is 1. The normalized spacial score (nSPS) is 25.6. The molecule has 2 N–H and O–H groups in total. The molecule has 0 radical (unpaired) electrons. The number of carbonyl (C=O) groups is 1. The lowest BCUT2D eigenvalue weighted by Gasteiger charge is -2.36. The van der Waals surface area contributed by atoms with Crippen molar-refractivity contribution < 1.29 is 9.90 Å². The highest BCUT2D eigenvalue weighted by Crippen LogP contribution is 2.31. The van der Waals surface area contributed by atoms with E-state index in [1.54, 1.807) is 0 Å². The lowest BCUT2D eigenvalue weighted by molar-refractivity contribution is -0.127. The van der Waals surface area contributed by atoms with E-state index in [1.165, 1.54) is 25.7 Å². The third-order valence-corrected chi connectivity index (χ3v) is 4.10. The topological polar surface area (TPSA) is 49.3 Å². The first kappa shape index (κ1) is 11.9. The summed E-state index contributed by atoms with van der Waals surface area (Å²) < 4.78 is 0. The van der Waals surface area contributed by atoms with Crippen molar-refractivity contribution in [2.24, 2.45) is 5.92 Å². The van der Waals surface area contributed by atoms with E-state index in [4.69, 9.17) is 0 Å². The standard InChI is InChI=1S/C13H23NO2/c15-12(11-6-3-1-2-4-7-11)14-10-13(16)8-5-9-13/h11,16H,1-10H2,(H,14,15). The van der Waals surface area contributed by atoms with Crippen LogP contribution in [0.2, 0.25) is 0 Å². The van der Waals surface area contributed by atoms with Gasteiger partial charge in [-0.15, -0.1) is 0 Å². The average molecular weight is 225 g/mol. The third kappa shape index (κ3) is 2.97. The molecule has 0 aromatic heterocycles. The minimum Gasteiger partial charge on any atom is -0.388 e. The fourth-order valence-electron chi connectivity index (χ4n) is 2.70. The van der Waals surface area contributed by atoms with Gasteiger partial charge in [0.1, 0.15) is 0 Å². The summed E-state index contributed by atoms with van der Waals surface area (Å²) in [5.74, 6) is 0.369. The van der Waals surface area contributed by atoms with Crippen molar-refractivity contribution in [2.75, 3.05) is 6.54 Å². The number of rotatable bonds is 3. The average Bonchev–Trinajstić information content (AvgIpc) is 2.51. The largest absolute Gasteiger partial charge is 0.388 e. The summed E-state index contributed by atoms with van der Waals surface area (Å²) in [6.07, 6.45) is 9.76. The van der Waals surface area contributed by atoms with Gasteiger partial charge in [-0.3, -0.25) is 4.79 Å². The van der Waals surface area contributed by atoms with Crippen LogP contribution in [0.25, 0.3) is 0 Å². The van der Waals surface area contributed by atoms with E-state index < -0.39 is 5.60 Å². The minimum absolute atomic E-state index is 0.169. The highest BCUT2D eigenvalue weighted by Gasteiger charge is 2.35. The van der Waals surface area contributed by atoms with Crippen LogP contribution in [0, 0.1) is 5.92 Å². The quantitative estimate of drug-likeness (QED) is 0.722. The van der Waals surface area contributed by atoms with Gasteiger partial charge >= 0.3 is 0 Å². The Balaban J connectivity index is 1.73. The van der Waals surface area contributed by atoms with Crippen LogP contribution in [0.3, 0.4) is 0 Å². The van der Waals surface area contributed by atoms with Crippen molar-refractivity contribution in [2.45, 2.75) is 63.4 Å². The molecule has 0 saturated heterocycles. The zero-order valence-electron chi connectivity index (χ0n) is 10.0. The van der Waals surface area contributed by atoms with Crippen LogP contribution in [-0.2, 0) is 4.79 Å². The molecule has 0 aromatic carbocycles. The maximum Gasteiger partial charge on any atom is 0.223 e. The number of carbonyl (C=O) groups excluding carboxylic acids is 1. The van der Waals surface area contributed by atoms with E-state index >= 15 is 0 Å². The summed E-state index contributed by atoms with van der Waals surface area (Å²) in [7, 11) is 0. The zero-order chi connectivity index (χ0) is 11.4. The Labute approximate surface area is 97.6 Å². The summed E-state index contributed by atoms with van der Waals surface area (Å²) in [5, 5.41) is 12.8. The Morgan fingerprint density at radius 3 is 2.25 bits per heavy atom. The summed E-state index contributed by atoms with van der Waals surface area (Å²) in [5.41, 5.74) is -0.583. The van der Waals surface area contributed by atoms with Gasteiger partial charge in [-0.05, 0) is 32.1 Å².